The number of pyridine rings is 1. The van der Waals surface area contributed by atoms with Gasteiger partial charge in [0.15, 0.2) is 0 Å². The lowest BCUT2D eigenvalue weighted by Crippen LogP contribution is -2.19. The Balaban J connectivity index is 1.97. The van der Waals surface area contributed by atoms with Crippen LogP contribution in [0.3, 0.4) is 0 Å². The maximum Gasteiger partial charge on any atom is 0.405 e. The van der Waals surface area contributed by atoms with E-state index in [4.69, 9.17) is 14.3 Å². The Morgan fingerprint density at radius 1 is 1.31 bits per heavy atom. The average molecular weight is 370 g/mol. The van der Waals surface area contributed by atoms with Gasteiger partial charge in [0.25, 0.3) is 5.56 Å². The summed E-state index contributed by atoms with van der Waals surface area (Å²) in [6.07, 6.45) is -1.12. The van der Waals surface area contributed by atoms with Gasteiger partial charge in [-0.2, -0.15) is 0 Å². The fourth-order valence-electron chi connectivity index (χ4n) is 3.01. The first-order valence-electron chi connectivity index (χ1n) is 7.74. The van der Waals surface area contributed by atoms with Crippen LogP contribution in [0, 0.1) is 0 Å². The van der Waals surface area contributed by atoms with Crippen LogP contribution in [0.5, 0.6) is 5.75 Å². The number of fused-ring (bicyclic) bond motifs is 3. The summed E-state index contributed by atoms with van der Waals surface area (Å²) in [6, 6.07) is 8.94. The zero-order valence-electron chi connectivity index (χ0n) is 13.7. The summed E-state index contributed by atoms with van der Waals surface area (Å²) in [5.41, 5.74) is 1.26. The van der Waals surface area contributed by atoms with Crippen LogP contribution in [0.1, 0.15) is 5.76 Å². The maximum absolute atomic E-state index is 12.2. The van der Waals surface area contributed by atoms with Crippen LogP contribution in [0.2, 0.25) is 0 Å². The lowest BCUT2D eigenvalue weighted by Gasteiger charge is -2.11. The molecule has 0 bridgehead atoms. The molecular weight excluding hydrogens is 356 g/mol. The second-order valence-corrected chi connectivity index (χ2v) is 6.52. The van der Waals surface area contributed by atoms with E-state index in [2.05, 4.69) is 10.3 Å². The lowest BCUT2D eigenvalue weighted by atomic mass is 10.0. The largest absolute Gasteiger partial charge is 0.496 e. The van der Waals surface area contributed by atoms with Crippen LogP contribution in [0.4, 0.5) is 4.79 Å². The molecule has 1 amide bonds. The molecule has 0 spiro atoms. The first kappa shape index (κ1) is 16.2. The van der Waals surface area contributed by atoms with Gasteiger partial charge in [-0.05, 0) is 35.7 Å². The second kappa shape index (κ2) is 6.23. The maximum atomic E-state index is 12.2. The minimum atomic E-state index is -1.12. The van der Waals surface area contributed by atoms with E-state index in [0.29, 0.717) is 33.1 Å². The van der Waals surface area contributed by atoms with Gasteiger partial charge in [0, 0.05) is 16.3 Å². The number of carbonyl (C=O) groups is 1. The van der Waals surface area contributed by atoms with E-state index in [9.17, 15) is 9.59 Å². The lowest BCUT2D eigenvalue weighted by molar-refractivity contribution is 0.193. The van der Waals surface area contributed by atoms with Gasteiger partial charge in [0.1, 0.15) is 22.0 Å². The van der Waals surface area contributed by atoms with Crippen molar-refractivity contribution in [3.8, 4) is 17.1 Å². The molecule has 0 atom stereocenters. The number of furan rings is 1. The molecule has 0 aliphatic heterocycles. The van der Waals surface area contributed by atoms with E-state index in [-0.39, 0.29) is 12.1 Å². The van der Waals surface area contributed by atoms with Crippen molar-refractivity contribution in [1.29, 1.82) is 0 Å². The summed E-state index contributed by atoms with van der Waals surface area (Å²) in [5, 5.41) is 14.5. The summed E-state index contributed by atoms with van der Waals surface area (Å²) in [7, 11) is 1.57. The molecule has 132 valence electrons. The summed E-state index contributed by atoms with van der Waals surface area (Å²) in [4.78, 5) is 25.8. The van der Waals surface area contributed by atoms with Crippen molar-refractivity contribution >= 4 is 38.4 Å². The Morgan fingerprint density at radius 3 is 2.92 bits per heavy atom. The number of ether oxygens (including phenoxy) is 1. The van der Waals surface area contributed by atoms with Gasteiger partial charge in [-0.25, -0.2) is 4.79 Å². The van der Waals surface area contributed by atoms with E-state index in [1.807, 2.05) is 11.4 Å². The van der Waals surface area contributed by atoms with Crippen molar-refractivity contribution in [1.82, 2.24) is 10.3 Å². The number of aromatic nitrogens is 1. The third kappa shape index (κ3) is 2.60. The number of H-pyrrole nitrogens is 1. The summed E-state index contributed by atoms with van der Waals surface area (Å²) in [5.74, 6) is 1.62. The van der Waals surface area contributed by atoms with Gasteiger partial charge in [-0.3, -0.25) is 4.79 Å². The first-order valence-corrected chi connectivity index (χ1v) is 8.62. The topological polar surface area (TPSA) is 105 Å². The molecule has 3 N–H and O–H groups in total. The van der Waals surface area contributed by atoms with Crippen molar-refractivity contribution in [3.63, 3.8) is 0 Å². The van der Waals surface area contributed by atoms with E-state index < -0.39 is 6.09 Å². The van der Waals surface area contributed by atoms with E-state index in [1.165, 1.54) is 11.3 Å². The van der Waals surface area contributed by atoms with E-state index >= 15 is 0 Å². The van der Waals surface area contributed by atoms with Crippen molar-refractivity contribution in [2.75, 3.05) is 7.11 Å². The van der Waals surface area contributed by atoms with E-state index in [0.717, 1.165) is 10.8 Å². The molecular formula is C18H14N2O5S. The fourth-order valence-corrected chi connectivity index (χ4v) is 3.81. The number of hydrogen-bond donors (Lipinski definition) is 3. The van der Waals surface area contributed by atoms with Gasteiger partial charge in [0.2, 0.25) is 0 Å². The molecule has 3 aromatic heterocycles. The minimum Gasteiger partial charge on any atom is -0.496 e. The molecule has 0 saturated carbocycles. The normalized spacial score (nSPS) is 11.1. The summed E-state index contributed by atoms with van der Waals surface area (Å²) < 4.78 is 12.0. The van der Waals surface area contributed by atoms with Gasteiger partial charge in [0.05, 0.1) is 19.2 Å². The molecule has 0 saturated heterocycles. The Hall–Kier alpha value is -3.26. The molecule has 7 nitrogen and oxygen atoms in total. The highest BCUT2D eigenvalue weighted by molar-refractivity contribution is 7.17. The molecule has 1 aromatic carbocycles. The van der Waals surface area contributed by atoms with Crippen LogP contribution >= 0.6 is 11.3 Å². The fraction of sp³-hybridized carbons (Fsp3) is 0.111. The zero-order chi connectivity index (χ0) is 18.3. The van der Waals surface area contributed by atoms with Crippen LogP contribution < -0.4 is 15.6 Å². The van der Waals surface area contributed by atoms with Crippen LogP contribution in [-0.2, 0) is 6.54 Å². The minimum absolute atomic E-state index is 0.0626. The molecule has 4 aromatic rings. The molecule has 26 heavy (non-hydrogen) atoms. The van der Waals surface area contributed by atoms with Gasteiger partial charge >= 0.3 is 6.09 Å². The van der Waals surface area contributed by atoms with Crippen molar-refractivity contribution in [2.24, 2.45) is 0 Å². The number of amides is 1. The van der Waals surface area contributed by atoms with Gasteiger partial charge in [-0.1, -0.05) is 0 Å². The predicted octanol–water partition coefficient (Wildman–Crippen LogP) is 3.78. The Kier molecular flexibility index (Phi) is 3.89. The summed E-state index contributed by atoms with van der Waals surface area (Å²) in [6.45, 7) is 0.0626. The molecule has 0 unspecified atom stereocenters. The van der Waals surface area contributed by atoms with Crippen LogP contribution in [0.15, 0.2) is 44.9 Å². The predicted molar refractivity (Wildman–Crippen MR) is 99.1 cm³/mol. The number of methoxy groups -OCH3 is 1. The number of nitrogens with one attached hydrogen (secondary N) is 2. The van der Waals surface area contributed by atoms with Crippen LogP contribution in [0.25, 0.3) is 32.3 Å². The molecule has 4 rings (SSSR count). The summed E-state index contributed by atoms with van der Waals surface area (Å²) >= 11 is 1.37. The number of rotatable bonds is 4. The SMILES string of the molecule is COc1ccc2[nH]c(=O)c3sccc3c2c1-c1ccc(CNC(=O)O)o1. The number of thiophene rings is 1. The highest BCUT2D eigenvalue weighted by Crippen LogP contribution is 2.40. The molecule has 8 heteroatoms. The van der Waals surface area contributed by atoms with E-state index in [1.54, 1.807) is 31.4 Å². The number of carboxylic acid groups (broad SMARTS) is 1. The van der Waals surface area contributed by atoms with Crippen molar-refractivity contribution in [3.05, 3.63) is 51.8 Å². The van der Waals surface area contributed by atoms with Crippen molar-refractivity contribution in [2.45, 2.75) is 6.54 Å². The zero-order valence-corrected chi connectivity index (χ0v) is 14.5. The highest BCUT2D eigenvalue weighted by atomic mass is 32.1. The molecule has 0 aliphatic carbocycles. The molecule has 0 fully saturated rings. The number of hydrogen-bond acceptors (Lipinski definition) is 5. The second-order valence-electron chi connectivity index (χ2n) is 5.61. The average Bonchev–Trinajstić information content (AvgIpc) is 3.29. The smallest absolute Gasteiger partial charge is 0.405 e. The Bertz CT molecular complexity index is 1190. The van der Waals surface area contributed by atoms with Gasteiger partial charge in [-0.15, -0.1) is 11.3 Å². The Morgan fingerprint density at radius 2 is 2.15 bits per heavy atom. The first-order chi connectivity index (χ1) is 12.6. The van der Waals surface area contributed by atoms with Gasteiger partial charge < -0.3 is 24.6 Å². The molecule has 0 radical (unpaired) electrons. The highest BCUT2D eigenvalue weighted by Gasteiger charge is 2.18. The Labute approximate surface area is 150 Å². The monoisotopic (exact) mass is 370 g/mol. The van der Waals surface area contributed by atoms with Crippen LogP contribution in [-0.4, -0.2) is 23.3 Å². The molecule has 3 heterocycles. The van der Waals surface area contributed by atoms with Crippen molar-refractivity contribution < 1.29 is 19.1 Å². The third-order valence-electron chi connectivity index (χ3n) is 4.10. The number of aromatic amines is 1. The standard InChI is InChI=1S/C18H14N2O5S/c1-24-12-5-3-11-14(10-6-7-26-16(10)17(21)20-11)15(12)13-4-2-9(25-13)8-19-18(22)23/h2-7,19H,8H2,1H3,(H,20,21)(H,22,23). The quantitative estimate of drug-likeness (QED) is 0.507. The number of benzene rings is 1. The third-order valence-corrected chi connectivity index (χ3v) is 5.01. The molecule has 0 aliphatic rings.